The van der Waals surface area contributed by atoms with Crippen molar-refractivity contribution in [2.45, 2.75) is 20.4 Å². The van der Waals surface area contributed by atoms with Gasteiger partial charge in [-0.05, 0) is 18.6 Å². The average molecular weight is 337 g/mol. The molecule has 0 aliphatic rings. The first-order valence-electron chi connectivity index (χ1n) is 7.91. The van der Waals surface area contributed by atoms with Crippen molar-refractivity contribution < 1.29 is 9.53 Å². The number of esters is 1. The Morgan fingerprint density at radius 2 is 2.16 bits per heavy atom. The Hall–Kier alpha value is -3.22. The fraction of sp³-hybridized carbons (Fsp3) is 0.222. The number of nitrogens with zero attached hydrogens (tertiary/aromatic N) is 5. The first-order chi connectivity index (χ1) is 12.1. The Balaban J connectivity index is 1.90. The summed E-state index contributed by atoms with van der Waals surface area (Å²) in [7, 11) is 0. The molecule has 0 N–H and O–H groups in total. The number of hydrogen-bond acceptors (Lipinski definition) is 5. The number of hydrogen-bond donors (Lipinski definition) is 0. The largest absolute Gasteiger partial charge is 0.464 e. The molecule has 128 valence electrons. The molecule has 0 aromatic carbocycles. The Kier molecular flexibility index (Phi) is 4.74. The lowest BCUT2D eigenvalue weighted by Gasteiger charge is -2.02. The van der Waals surface area contributed by atoms with E-state index in [1.165, 1.54) is 13.3 Å². The minimum Gasteiger partial charge on any atom is -0.464 e. The van der Waals surface area contributed by atoms with Crippen LogP contribution in [-0.2, 0) is 16.1 Å². The van der Waals surface area contributed by atoms with Crippen LogP contribution in [-0.4, -0.2) is 37.0 Å². The minimum atomic E-state index is -0.292. The second-order valence-corrected chi connectivity index (χ2v) is 5.45. The third-order valence-electron chi connectivity index (χ3n) is 3.80. The van der Waals surface area contributed by atoms with Crippen molar-refractivity contribution in [1.82, 2.24) is 24.4 Å². The number of allylic oxidation sites excluding steroid dienone is 3. The van der Waals surface area contributed by atoms with Crippen molar-refractivity contribution in [3.8, 4) is 11.1 Å². The monoisotopic (exact) mass is 337 g/mol. The lowest BCUT2D eigenvalue weighted by molar-refractivity contribution is -0.141. The Morgan fingerprint density at radius 3 is 2.88 bits per heavy atom. The van der Waals surface area contributed by atoms with Crippen LogP contribution in [0.4, 0.5) is 0 Å². The van der Waals surface area contributed by atoms with E-state index in [0.717, 1.165) is 27.9 Å². The molecule has 25 heavy (non-hydrogen) atoms. The second kappa shape index (κ2) is 7.12. The molecule has 0 atom stereocenters. The molecule has 0 unspecified atom stereocenters. The first kappa shape index (κ1) is 16.6. The molecule has 7 nitrogen and oxygen atoms in total. The first-order valence-corrected chi connectivity index (χ1v) is 7.91. The molecular formula is C18H19N5O2. The van der Waals surface area contributed by atoms with Crippen LogP contribution in [0, 0.1) is 0 Å². The third-order valence-corrected chi connectivity index (χ3v) is 3.80. The minimum absolute atomic E-state index is 0.292. The van der Waals surface area contributed by atoms with Gasteiger partial charge in [0.25, 0.3) is 0 Å². The van der Waals surface area contributed by atoms with Crippen LogP contribution in [0.25, 0.3) is 22.2 Å². The van der Waals surface area contributed by atoms with E-state index in [-0.39, 0.29) is 5.97 Å². The van der Waals surface area contributed by atoms with Gasteiger partial charge in [0.1, 0.15) is 12.9 Å². The summed E-state index contributed by atoms with van der Waals surface area (Å²) in [6.07, 6.45) is 10.9. The number of fused-ring (bicyclic) bond motifs is 1. The Bertz CT molecular complexity index is 951. The maximum atomic E-state index is 10.8. The molecular weight excluding hydrogens is 318 g/mol. The maximum Gasteiger partial charge on any atom is 0.302 e. The number of aromatic nitrogens is 5. The molecule has 7 heteroatoms. The van der Waals surface area contributed by atoms with Gasteiger partial charge < -0.3 is 4.74 Å². The summed E-state index contributed by atoms with van der Waals surface area (Å²) in [5, 5.41) is 8.58. The smallest absolute Gasteiger partial charge is 0.302 e. The van der Waals surface area contributed by atoms with Crippen LogP contribution in [0.1, 0.15) is 19.5 Å². The van der Waals surface area contributed by atoms with E-state index >= 15 is 0 Å². The molecule has 0 fully saturated rings. The van der Waals surface area contributed by atoms with Gasteiger partial charge in [0.2, 0.25) is 0 Å². The Labute approximate surface area is 145 Å². The molecule has 3 aromatic rings. The van der Waals surface area contributed by atoms with Crippen molar-refractivity contribution >= 4 is 17.1 Å². The molecule has 0 saturated heterocycles. The summed E-state index contributed by atoms with van der Waals surface area (Å²) >= 11 is 0. The van der Waals surface area contributed by atoms with E-state index in [4.69, 9.17) is 4.74 Å². The third kappa shape index (κ3) is 3.50. The summed E-state index contributed by atoms with van der Waals surface area (Å²) in [4.78, 5) is 15.2. The van der Waals surface area contributed by atoms with E-state index < -0.39 is 0 Å². The van der Waals surface area contributed by atoms with Gasteiger partial charge in [-0.15, -0.1) is 0 Å². The SMILES string of the molecule is C=C/C(=C\C)c1ncnn2cc(-c3cnn(CCOC(C)=O)c3)cc12. The molecule has 3 rings (SSSR count). The number of carbonyl (C=O) groups excluding carboxylic acids is 1. The normalized spacial score (nSPS) is 11.7. The standard InChI is InChI=1S/C18H19N5O2/c1-4-14(5-2)18-17-8-15(11-23(17)21-12-19-18)16-9-20-22(10-16)6-7-25-13(3)24/h4-5,8-12H,1,6-7H2,2-3H3/b14-5+. The van der Waals surface area contributed by atoms with Crippen molar-refractivity contribution in [2.75, 3.05) is 6.61 Å². The zero-order valence-corrected chi connectivity index (χ0v) is 14.2. The summed E-state index contributed by atoms with van der Waals surface area (Å²) in [6.45, 7) is 7.99. The molecule has 0 spiro atoms. The van der Waals surface area contributed by atoms with Gasteiger partial charge in [-0.3, -0.25) is 9.48 Å². The highest BCUT2D eigenvalue weighted by molar-refractivity contribution is 5.83. The van der Waals surface area contributed by atoms with E-state index in [0.29, 0.717) is 13.2 Å². The van der Waals surface area contributed by atoms with Gasteiger partial charge in [-0.1, -0.05) is 18.7 Å². The predicted octanol–water partition coefficient (Wildman–Crippen LogP) is 2.75. The molecule has 3 heterocycles. The zero-order valence-electron chi connectivity index (χ0n) is 14.2. The lowest BCUT2D eigenvalue weighted by Crippen LogP contribution is -2.08. The van der Waals surface area contributed by atoms with Crippen molar-refractivity contribution in [1.29, 1.82) is 0 Å². The molecule has 0 aliphatic heterocycles. The van der Waals surface area contributed by atoms with Crippen LogP contribution in [0.3, 0.4) is 0 Å². The quantitative estimate of drug-likeness (QED) is 0.511. The molecule has 0 bridgehead atoms. The lowest BCUT2D eigenvalue weighted by atomic mass is 10.1. The number of rotatable bonds is 6. The average Bonchev–Trinajstić information content (AvgIpc) is 3.22. The van der Waals surface area contributed by atoms with E-state index in [2.05, 4.69) is 21.8 Å². The van der Waals surface area contributed by atoms with Crippen LogP contribution in [0.15, 0.2) is 49.7 Å². The van der Waals surface area contributed by atoms with Gasteiger partial charge in [0, 0.05) is 30.4 Å². The van der Waals surface area contributed by atoms with Crippen LogP contribution in [0.5, 0.6) is 0 Å². The van der Waals surface area contributed by atoms with Gasteiger partial charge in [-0.2, -0.15) is 10.2 Å². The number of ether oxygens (including phenoxy) is 1. The van der Waals surface area contributed by atoms with Crippen LogP contribution in [0.2, 0.25) is 0 Å². The van der Waals surface area contributed by atoms with Gasteiger partial charge >= 0.3 is 5.97 Å². The zero-order chi connectivity index (χ0) is 17.8. The summed E-state index contributed by atoms with van der Waals surface area (Å²) in [6, 6.07) is 2.02. The van der Waals surface area contributed by atoms with Gasteiger partial charge in [0.15, 0.2) is 0 Å². The van der Waals surface area contributed by atoms with Gasteiger partial charge in [-0.25, -0.2) is 9.50 Å². The van der Waals surface area contributed by atoms with Crippen LogP contribution < -0.4 is 0 Å². The predicted molar refractivity (Wildman–Crippen MR) is 94.7 cm³/mol. The van der Waals surface area contributed by atoms with Crippen LogP contribution >= 0.6 is 0 Å². The second-order valence-electron chi connectivity index (χ2n) is 5.45. The molecule has 0 saturated carbocycles. The highest BCUT2D eigenvalue weighted by Gasteiger charge is 2.11. The fourth-order valence-electron chi connectivity index (χ4n) is 2.58. The van der Waals surface area contributed by atoms with E-state index in [9.17, 15) is 4.79 Å². The van der Waals surface area contributed by atoms with E-state index in [1.54, 1.807) is 21.5 Å². The summed E-state index contributed by atoms with van der Waals surface area (Å²) in [5.41, 5.74) is 4.63. The fourth-order valence-corrected chi connectivity index (χ4v) is 2.58. The van der Waals surface area contributed by atoms with Gasteiger partial charge in [0.05, 0.1) is 24.0 Å². The topological polar surface area (TPSA) is 74.3 Å². The summed E-state index contributed by atoms with van der Waals surface area (Å²) < 4.78 is 8.47. The number of carbonyl (C=O) groups is 1. The molecule has 0 aliphatic carbocycles. The highest BCUT2D eigenvalue weighted by atomic mass is 16.5. The Morgan fingerprint density at radius 1 is 1.32 bits per heavy atom. The van der Waals surface area contributed by atoms with Crippen molar-refractivity contribution in [3.05, 3.63) is 55.4 Å². The highest BCUT2D eigenvalue weighted by Crippen LogP contribution is 2.25. The molecule has 0 amide bonds. The van der Waals surface area contributed by atoms with E-state index in [1.807, 2.05) is 31.5 Å². The maximum absolute atomic E-state index is 10.8. The van der Waals surface area contributed by atoms with Crippen molar-refractivity contribution in [2.24, 2.45) is 0 Å². The summed E-state index contributed by atoms with van der Waals surface area (Å²) in [5.74, 6) is -0.292. The molecule has 0 radical (unpaired) electrons. The molecule has 3 aromatic heterocycles. The van der Waals surface area contributed by atoms with Crippen molar-refractivity contribution in [3.63, 3.8) is 0 Å².